The van der Waals surface area contributed by atoms with Gasteiger partial charge in [0.25, 0.3) is 5.91 Å². The summed E-state index contributed by atoms with van der Waals surface area (Å²) < 4.78 is 0. The van der Waals surface area contributed by atoms with Gasteiger partial charge >= 0.3 is 0 Å². The van der Waals surface area contributed by atoms with Crippen LogP contribution in [0.15, 0.2) is 55.2 Å². The molecule has 4 aromatic rings. The van der Waals surface area contributed by atoms with E-state index in [0.29, 0.717) is 24.5 Å². The molecule has 3 heterocycles. The zero-order chi connectivity index (χ0) is 22.5. The number of nitrogens with one attached hydrogen (secondary N) is 2. The topological polar surface area (TPSA) is 106 Å². The van der Waals surface area contributed by atoms with Crippen LogP contribution in [0.5, 0.6) is 0 Å². The number of aromatic nitrogens is 5. The van der Waals surface area contributed by atoms with Crippen LogP contribution in [0.3, 0.4) is 0 Å². The molecule has 0 spiro atoms. The molecule has 0 bridgehead atoms. The molecule has 0 aliphatic heterocycles. The highest BCUT2D eigenvalue weighted by Gasteiger charge is 2.15. The molecule has 0 aliphatic rings. The molecule has 1 amide bonds. The molecule has 8 nitrogen and oxygen atoms in total. The highest BCUT2D eigenvalue weighted by Crippen LogP contribution is 2.27. The Hall–Kier alpha value is -3.94. The number of nitrogens with zero attached hydrogens (tertiary/aromatic N) is 5. The Labute approximate surface area is 186 Å². The summed E-state index contributed by atoms with van der Waals surface area (Å²) in [7, 11) is 0. The summed E-state index contributed by atoms with van der Waals surface area (Å²) in [6.45, 7) is 7.10. The molecule has 8 heteroatoms. The van der Waals surface area contributed by atoms with Gasteiger partial charge in [0.1, 0.15) is 18.0 Å². The Morgan fingerprint density at radius 1 is 1.06 bits per heavy atom. The lowest BCUT2D eigenvalue weighted by atomic mass is 9.96. The van der Waals surface area contributed by atoms with Gasteiger partial charge in [0, 0.05) is 54.6 Å². The fraction of sp³-hybridized carbons (Fsp3) is 0.250. The minimum absolute atomic E-state index is 0.0866. The third-order valence-corrected chi connectivity index (χ3v) is 5.25. The van der Waals surface area contributed by atoms with Crippen molar-refractivity contribution in [3.8, 4) is 11.3 Å². The SMILES string of the molecule is CCNC(=O)c1ccnc2c([C@H](C)CNc3cc(-c4cnc(C)nc4)ncn3)cccc12. The maximum atomic E-state index is 12.4. The minimum atomic E-state index is -0.0866. The number of para-hydroxylation sites is 1. The Kier molecular flexibility index (Phi) is 6.30. The summed E-state index contributed by atoms with van der Waals surface area (Å²) in [4.78, 5) is 34.1. The number of carbonyl (C=O) groups is 1. The fourth-order valence-electron chi connectivity index (χ4n) is 3.55. The zero-order valence-electron chi connectivity index (χ0n) is 18.3. The quantitative estimate of drug-likeness (QED) is 0.463. The largest absolute Gasteiger partial charge is 0.369 e. The van der Waals surface area contributed by atoms with Crippen LogP contribution in [0, 0.1) is 6.92 Å². The van der Waals surface area contributed by atoms with Crippen LogP contribution in [-0.4, -0.2) is 43.9 Å². The smallest absolute Gasteiger partial charge is 0.252 e. The minimum Gasteiger partial charge on any atom is -0.369 e. The molecule has 1 atom stereocenters. The second-order valence-corrected chi connectivity index (χ2v) is 7.55. The van der Waals surface area contributed by atoms with Crippen LogP contribution in [-0.2, 0) is 0 Å². The Bertz CT molecular complexity index is 1240. The van der Waals surface area contributed by atoms with E-state index in [1.165, 1.54) is 6.33 Å². The van der Waals surface area contributed by atoms with Crippen molar-refractivity contribution in [2.75, 3.05) is 18.4 Å². The number of carbonyl (C=O) groups excluding carboxylic acids is 1. The second-order valence-electron chi connectivity index (χ2n) is 7.55. The lowest BCUT2D eigenvalue weighted by Gasteiger charge is -2.16. The summed E-state index contributed by atoms with van der Waals surface area (Å²) in [6, 6.07) is 9.61. The number of fused-ring (bicyclic) bond motifs is 1. The Morgan fingerprint density at radius 3 is 2.66 bits per heavy atom. The van der Waals surface area contributed by atoms with Crippen molar-refractivity contribution in [2.24, 2.45) is 0 Å². The van der Waals surface area contributed by atoms with Crippen LogP contribution in [0.2, 0.25) is 0 Å². The van der Waals surface area contributed by atoms with E-state index in [2.05, 4.69) is 48.5 Å². The van der Waals surface area contributed by atoms with E-state index in [9.17, 15) is 4.79 Å². The highest BCUT2D eigenvalue weighted by molar-refractivity contribution is 6.06. The zero-order valence-corrected chi connectivity index (χ0v) is 18.3. The monoisotopic (exact) mass is 427 g/mol. The van der Waals surface area contributed by atoms with Crippen molar-refractivity contribution >= 4 is 22.6 Å². The summed E-state index contributed by atoms with van der Waals surface area (Å²) in [6.07, 6.45) is 6.73. The van der Waals surface area contributed by atoms with Crippen LogP contribution < -0.4 is 10.6 Å². The van der Waals surface area contributed by atoms with E-state index in [-0.39, 0.29) is 11.8 Å². The number of pyridine rings is 1. The molecule has 0 fully saturated rings. The van der Waals surface area contributed by atoms with Crippen molar-refractivity contribution in [1.82, 2.24) is 30.2 Å². The molecule has 3 aromatic heterocycles. The number of hydrogen-bond acceptors (Lipinski definition) is 7. The van der Waals surface area contributed by atoms with Gasteiger partial charge in [0.05, 0.1) is 16.8 Å². The highest BCUT2D eigenvalue weighted by atomic mass is 16.1. The molecule has 0 radical (unpaired) electrons. The van der Waals surface area contributed by atoms with Gasteiger partial charge in [-0.1, -0.05) is 25.1 Å². The van der Waals surface area contributed by atoms with E-state index >= 15 is 0 Å². The number of benzene rings is 1. The van der Waals surface area contributed by atoms with E-state index < -0.39 is 0 Å². The average molecular weight is 428 g/mol. The van der Waals surface area contributed by atoms with Crippen molar-refractivity contribution in [2.45, 2.75) is 26.7 Å². The second kappa shape index (κ2) is 9.47. The van der Waals surface area contributed by atoms with Gasteiger partial charge in [-0.2, -0.15) is 0 Å². The van der Waals surface area contributed by atoms with Crippen molar-refractivity contribution < 1.29 is 4.79 Å². The first-order valence-corrected chi connectivity index (χ1v) is 10.6. The molecule has 4 rings (SSSR count). The molecule has 0 unspecified atom stereocenters. The number of aryl methyl sites for hydroxylation is 1. The summed E-state index contributed by atoms with van der Waals surface area (Å²) in [5, 5.41) is 7.11. The van der Waals surface area contributed by atoms with Crippen molar-refractivity contribution in [1.29, 1.82) is 0 Å². The first kappa shape index (κ1) is 21.3. The van der Waals surface area contributed by atoms with Gasteiger partial charge in [0.15, 0.2) is 0 Å². The third-order valence-electron chi connectivity index (χ3n) is 5.25. The number of hydrogen-bond donors (Lipinski definition) is 2. The summed E-state index contributed by atoms with van der Waals surface area (Å²) >= 11 is 0. The van der Waals surface area contributed by atoms with E-state index in [1.54, 1.807) is 24.7 Å². The summed E-state index contributed by atoms with van der Waals surface area (Å²) in [5.74, 6) is 1.49. The van der Waals surface area contributed by atoms with E-state index in [4.69, 9.17) is 0 Å². The molecular formula is C24H25N7O. The predicted molar refractivity (Wildman–Crippen MR) is 124 cm³/mol. The number of anilines is 1. The van der Waals surface area contributed by atoms with Gasteiger partial charge in [-0.15, -0.1) is 0 Å². The molecule has 162 valence electrons. The molecule has 32 heavy (non-hydrogen) atoms. The standard InChI is InChI=1S/C24H25N7O/c1-4-25-24(32)20-8-9-26-23-18(6-5-7-19(20)23)15(2)11-29-22-10-21(30-14-31-22)17-12-27-16(3)28-13-17/h5-10,12-15H,4,11H2,1-3H3,(H,25,32)(H,29,30,31)/t15-/m1/s1. The van der Waals surface area contributed by atoms with Crippen molar-refractivity contribution in [3.05, 3.63) is 72.2 Å². The van der Waals surface area contributed by atoms with Crippen LogP contribution in [0.1, 0.15) is 41.5 Å². The first-order chi connectivity index (χ1) is 15.6. The Balaban J connectivity index is 1.54. The maximum absolute atomic E-state index is 12.4. The van der Waals surface area contributed by atoms with Gasteiger partial charge in [-0.3, -0.25) is 9.78 Å². The van der Waals surface area contributed by atoms with E-state index in [0.717, 1.165) is 33.5 Å². The molecule has 2 N–H and O–H groups in total. The summed E-state index contributed by atoms with van der Waals surface area (Å²) in [5.41, 5.74) is 4.14. The number of amides is 1. The average Bonchev–Trinajstić information content (AvgIpc) is 2.82. The lowest BCUT2D eigenvalue weighted by molar-refractivity contribution is 0.0957. The first-order valence-electron chi connectivity index (χ1n) is 10.6. The molecule has 0 saturated carbocycles. The molecule has 0 aliphatic carbocycles. The number of rotatable bonds is 7. The van der Waals surface area contributed by atoms with E-state index in [1.807, 2.05) is 32.0 Å². The van der Waals surface area contributed by atoms with Crippen LogP contribution in [0.25, 0.3) is 22.2 Å². The van der Waals surface area contributed by atoms with Gasteiger partial charge < -0.3 is 10.6 Å². The van der Waals surface area contributed by atoms with Crippen LogP contribution in [0.4, 0.5) is 5.82 Å². The van der Waals surface area contributed by atoms with Gasteiger partial charge in [0.2, 0.25) is 0 Å². The Morgan fingerprint density at radius 2 is 1.88 bits per heavy atom. The van der Waals surface area contributed by atoms with Gasteiger partial charge in [-0.05, 0) is 25.5 Å². The molecule has 1 aromatic carbocycles. The predicted octanol–water partition coefficient (Wildman–Crippen LogP) is 3.76. The van der Waals surface area contributed by atoms with Crippen LogP contribution >= 0.6 is 0 Å². The molecule has 0 saturated heterocycles. The lowest BCUT2D eigenvalue weighted by Crippen LogP contribution is -2.23. The normalized spacial score (nSPS) is 11.8. The van der Waals surface area contributed by atoms with Crippen molar-refractivity contribution in [3.63, 3.8) is 0 Å². The van der Waals surface area contributed by atoms with Gasteiger partial charge in [-0.25, -0.2) is 19.9 Å². The fourth-order valence-corrected chi connectivity index (χ4v) is 3.55. The molecular weight excluding hydrogens is 402 g/mol. The third kappa shape index (κ3) is 4.54. The maximum Gasteiger partial charge on any atom is 0.252 e.